The summed E-state index contributed by atoms with van der Waals surface area (Å²) in [4.78, 5) is 13.7. The van der Waals surface area contributed by atoms with Crippen molar-refractivity contribution < 1.29 is 9.90 Å². The second-order valence-electron chi connectivity index (χ2n) is 9.91. The van der Waals surface area contributed by atoms with E-state index < -0.39 is 5.97 Å². The first-order valence-corrected chi connectivity index (χ1v) is 11.7. The van der Waals surface area contributed by atoms with Crippen molar-refractivity contribution in [1.29, 1.82) is 0 Å². The molecule has 0 spiro atoms. The Hall–Kier alpha value is -2.10. The topological polar surface area (TPSA) is 40.5 Å². The molecule has 0 amide bonds. The Morgan fingerprint density at radius 1 is 1.06 bits per heavy atom. The molecule has 1 aliphatic carbocycles. The van der Waals surface area contributed by atoms with E-state index in [-0.39, 0.29) is 0 Å². The summed E-state index contributed by atoms with van der Waals surface area (Å²) in [5.41, 5.74) is 6.41. The summed E-state index contributed by atoms with van der Waals surface area (Å²) in [6.45, 7) is 8.00. The van der Waals surface area contributed by atoms with Gasteiger partial charge in [-0.2, -0.15) is 0 Å². The fraction of sp³-hybridized carbons (Fsp3) is 0.444. The third kappa shape index (κ3) is 5.39. The molecule has 0 atom stereocenters. The molecular formula is C27H32ClNO2. The number of carboxylic acid groups (broad SMARTS) is 1. The predicted octanol–water partition coefficient (Wildman–Crippen LogP) is 6.88. The molecule has 4 heteroatoms. The van der Waals surface area contributed by atoms with Gasteiger partial charge in [0, 0.05) is 11.6 Å². The molecule has 31 heavy (non-hydrogen) atoms. The second-order valence-corrected chi connectivity index (χ2v) is 10.3. The van der Waals surface area contributed by atoms with Gasteiger partial charge in [-0.1, -0.05) is 55.3 Å². The zero-order chi connectivity index (χ0) is 22.0. The molecule has 0 radical (unpaired) electrons. The van der Waals surface area contributed by atoms with Crippen LogP contribution in [0.25, 0.3) is 5.57 Å². The Bertz CT molecular complexity index is 952. The lowest BCUT2D eigenvalue weighted by molar-refractivity contribution is 0.0697. The number of nitrogens with zero attached hydrogens (tertiary/aromatic N) is 1. The number of rotatable bonds is 5. The monoisotopic (exact) mass is 437 g/mol. The average Bonchev–Trinajstić information content (AvgIpc) is 2.75. The molecule has 4 rings (SSSR count). The summed E-state index contributed by atoms with van der Waals surface area (Å²) in [6.07, 6.45) is 5.76. The molecule has 0 unspecified atom stereocenters. The van der Waals surface area contributed by atoms with Gasteiger partial charge >= 0.3 is 5.97 Å². The predicted molar refractivity (Wildman–Crippen MR) is 128 cm³/mol. The van der Waals surface area contributed by atoms with Crippen molar-refractivity contribution in [3.8, 4) is 0 Å². The van der Waals surface area contributed by atoms with Crippen molar-refractivity contribution in [3.05, 3.63) is 75.8 Å². The zero-order valence-electron chi connectivity index (χ0n) is 18.5. The molecule has 0 aromatic heterocycles. The summed E-state index contributed by atoms with van der Waals surface area (Å²) in [6, 6.07) is 15.8. The quantitative estimate of drug-likeness (QED) is 0.554. The zero-order valence-corrected chi connectivity index (χ0v) is 19.3. The van der Waals surface area contributed by atoms with Crippen molar-refractivity contribution in [3.63, 3.8) is 0 Å². The van der Waals surface area contributed by atoms with Gasteiger partial charge in [-0.3, -0.25) is 4.90 Å². The molecule has 0 bridgehead atoms. The molecule has 2 aromatic rings. The highest BCUT2D eigenvalue weighted by Crippen LogP contribution is 2.43. The van der Waals surface area contributed by atoms with Crippen LogP contribution in [0.3, 0.4) is 0 Å². The van der Waals surface area contributed by atoms with E-state index in [0.717, 1.165) is 50.3 Å². The number of likely N-dealkylation sites (tertiary alicyclic amines) is 1. The first-order chi connectivity index (χ1) is 14.8. The summed E-state index contributed by atoms with van der Waals surface area (Å²) >= 11 is 6.12. The summed E-state index contributed by atoms with van der Waals surface area (Å²) in [5.74, 6) is -0.340. The largest absolute Gasteiger partial charge is 0.478 e. The fourth-order valence-electron chi connectivity index (χ4n) is 5.16. The number of aromatic carboxylic acids is 1. The minimum absolute atomic E-state index is 0.357. The first kappa shape index (κ1) is 22.1. The maximum atomic E-state index is 11.1. The van der Waals surface area contributed by atoms with Gasteiger partial charge in [-0.15, -0.1) is 0 Å². The third-order valence-electron chi connectivity index (χ3n) is 6.99. The van der Waals surface area contributed by atoms with Gasteiger partial charge in [-0.25, -0.2) is 4.79 Å². The molecule has 1 N–H and O–H groups in total. The minimum Gasteiger partial charge on any atom is -0.478 e. The lowest BCUT2D eigenvalue weighted by Gasteiger charge is -2.38. The van der Waals surface area contributed by atoms with Crippen LogP contribution in [0.15, 0.2) is 54.1 Å². The Morgan fingerprint density at radius 3 is 2.32 bits per heavy atom. The maximum Gasteiger partial charge on any atom is 0.335 e. The van der Waals surface area contributed by atoms with Crippen LogP contribution < -0.4 is 0 Å². The normalized spacial score (nSPS) is 20.1. The van der Waals surface area contributed by atoms with E-state index in [4.69, 9.17) is 16.7 Å². The van der Waals surface area contributed by atoms with Gasteiger partial charge in [0.25, 0.3) is 0 Å². The molecule has 1 fully saturated rings. The van der Waals surface area contributed by atoms with Crippen molar-refractivity contribution in [2.24, 2.45) is 5.41 Å². The van der Waals surface area contributed by atoms with Crippen molar-refractivity contribution >= 4 is 23.1 Å². The Kier molecular flexibility index (Phi) is 6.55. The van der Waals surface area contributed by atoms with Gasteiger partial charge in [0.05, 0.1) is 5.56 Å². The molecule has 0 saturated carbocycles. The standard InChI is InChI=1S/C27H32ClNO2/c1-27(2)14-11-25(21-7-9-24(28)10-8-21)23(17-27)18-29-15-12-20(13-16-29)19-3-5-22(6-4-19)26(30)31/h3-10,20H,11-18H2,1-2H3,(H,30,31). The molecular weight excluding hydrogens is 406 g/mol. The number of hydrogen-bond donors (Lipinski definition) is 1. The molecule has 1 saturated heterocycles. The van der Waals surface area contributed by atoms with Crippen LogP contribution >= 0.6 is 11.6 Å². The highest BCUT2D eigenvalue weighted by atomic mass is 35.5. The van der Waals surface area contributed by atoms with Crippen molar-refractivity contribution in [2.45, 2.75) is 51.9 Å². The average molecular weight is 438 g/mol. The lowest BCUT2D eigenvalue weighted by atomic mass is 9.72. The SMILES string of the molecule is CC1(C)CCC(c2ccc(Cl)cc2)=C(CN2CCC(c3ccc(C(=O)O)cc3)CC2)C1. The molecule has 1 aliphatic heterocycles. The lowest BCUT2D eigenvalue weighted by Crippen LogP contribution is -2.36. The third-order valence-corrected chi connectivity index (χ3v) is 7.25. The number of piperidine rings is 1. The van der Waals surface area contributed by atoms with Crippen molar-refractivity contribution in [1.82, 2.24) is 4.90 Å². The highest BCUT2D eigenvalue weighted by molar-refractivity contribution is 6.30. The molecule has 2 aromatic carbocycles. The molecule has 164 valence electrons. The number of carboxylic acids is 1. The molecule has 2 aliphatic rings. The van der Waals surface area contributed by atoms with Crippen molar-refractivity contribution in [2.75, 3.05) is 19.6 Å². The van der Waals surface area contributed by atoms with E-state index in [0.29, 0.717) is 16.9 Å². The number of allylic oxidation sites excluding steroid dienone is 1. The van der Waals surface area contributed by atoms with E-state index in [1.165, 1.54) is 23.1 Å². The van der Waals surface area contributed by atoms with Crippen LogP contribution in [0.2, 0.25) is 5.02 Å². The van der Waals surface area contributed by atoms with Gasteiger partial charge < -0.3 is 5.11 Å². The number of hydrogen-bond acceptors (Lipinski definition) is 2. The van der Waals surface area contributed by atoms with Crippen LogP contribution in [-0.2, 0) is 0 Å². The smallest absolute Gasteiger partial charge is 0.335 e. The van der Waals surface area contributed by atoms with E-state index in [9.17, 15) is 4.79 Å². The van der Waals surface area contributed by atoms with Crippen LogP contribution in [0, 0.1) is 5.41 Å². The van der Waals surface area contributed by atoms with Gasteiger partial charge in [0.2, 0.25) is 0 Å². The van der Waals surface area contributed by atoms with E-state index in [1.54, 1.807) is 17.7 Å². The Morgan fingerprint density at radius 2 is 1.71 bits per heavy atom. The van der Waals surface area contributed by atoms with E-state index >= 15 is 0 Å². The van der Waals surface area contributed by atoms with E-state index in [1.807, 2.05) is 24.3 Å². The van der Waals surface area contributed by atoms with E-state index in [2.05, 4.69) is 30.9 Å². The fourth-order valence-corrected chi connectivity index (χ4v) is 5.28. The number of carbonyl (C=O) groups is 1. The van der Waals surface area contributed by atoms with Crippen LogP contribution in [0.1, 0.15) is 73.4 Å². The van der Waals surface area contributed by atoms with Crippen LogP contribution in [0.4, 0.5) is 0 Å². The Labute approximate surface area is 190 Å². The first-order valence-electron chi connectivity index (χ1n) is 11.3. The van der Waals surface area contributed by atoms with Crippen LogP contribution in [-0.4, -0.2) is 35.6 Å². The summed E-state index contributed by atoms with van der Waals surface area (Å²) in [7, 11) is 0. The number of halogens is 1. The molecule has 3 nitrogen and oxygen atoms in total. The number of benzene rings is 2. The van der Waals surface area contributed by atoms with Gasteiger partial charge in [0.15, 0.2) is 0 Å². The summed E-state index contributed by atoms with van der Waals surface area (Å²) < 4.78 is 0. The maximum absolute atomic E-state index is 11.1. The Balaban J connectivity index is 1.45. The summed E-state index contributed by atoms with van der Waals surface area (Å²) in [5, 5.41) is 9.91. The van der Waals surface area contributed by atoms with Gasteiger partial charge in [0.1, 0.15) is 0 Å². The molecule has 1 heterocycles. The second kappa shape index (κ2) is 9.18. The van der Waals surface area contributed by atoms with Crippen LogP contribution in [0.5, 0.6) is 0 Å². The highest BCUT2D eigenvalue weighted by Gasteiger charge is 2.29. The van der Waals surface area contributed by atoms with Gasteiger partial charge in [-0.05, 0) is 97.5 Å². The minimum atomic E-state index is -0.860.